The van der Waals surface area contributed by atoms with E-state index in [4.69, 9.17) is 10.5 Å². The van der Waals surface area contributed by atoms with Gasteiger partial charge >= 0.3 is 0 Å². The molecule has 2 fully saturated rings. The second-order valence-electron chi connectivity index (χ2n) is 5.35. The summed E-state index contributed by atoms with van der Waals surface area (Å²) in [4.78, 5) is 0. The second-order valence-corrected chi connectivity index (χ2v) is 5.35. The van der Waals surface area contributed by atoms with Crippen LogP contribution in [-0.4, -0.2) is 18.8 Å². The Morgan fingerprint density at radius 2 is 2.14 bits per heavy atom. The van der Waals surface area contributed by atoms with E-state index in [0.29, 0.717) is 5.92 Å². The lowest BCUT2D eigenvalue weighted by Gasteiger charge is -2.44. The van der Waals surface area contributed by atoms with Gasteiger partial charge in [-0.3, -0.25) is 0 Å². The maximum atomic E-state index is 6.54. The van der Waals surface area contributed by atoms with Crippen molar-refractivity contribution in [2.24, 2.45) is 17.6 Å². The van der Waals surface area contributed by atoms with E-state index < -0.39 is 0 Å². The molecular weight excluding hydrogens is 174 g/mol. The van der Waals surface area contributed by atoms with Crippen LogP contribution in [-0.2, 0) is 4.74 Å². The maximum Gasteiger partial charge on any atom is 0.0511 e. The molecule has 2 rings (SSSR count). The molecule has 2 aliphatic rings. The Kier molecular flexibility index (Phi) is 3.13. The molecule has 1 saturated heterocycles. The first-order valence-corrected chi connectivity index (χ1v) is 6.07. The molecule has 0 aromatic carbocycles. The van der Waals surface area contributed by atoms with Crippen molar-refractivity contribution in [2.45, 2.75) is 51.0 Å². The van der Waals surface area contributed by atoms with E-state index in [-0.39, 0.29) is 5.54 Å². The fourth-order valence-electron chi connectivity index (χ4n) is 3.20. The van der Waals surface area contributed by atoms with Crippen molar-refractivity contribution in [3.63, 3.8) is 0 Å². The predicted molar refractivity (Wildman–Crippen MR) is 58.1 cm³/mol. The lowest BCUT2D eigenvalue weighted by molar-refractivity contribution is 0.00494. The average Bonchev–Trinajstić information content (AvgIpc) is 2.19. The summed E-state index contributed by atoms with van der Waals surface area (Å²) in [5, 5.41) is 0. The molecule has 2 heteroatoms. The number of hydrogen-bond acceptors (Lipinski definition) is 2. The van der Waals surface area contributed by atoms with E-state index in [0.717, 1.165) is 19.1 Å². The fourth-order valence-corrected chi connectivity index (χ4v) is 3.20. The number of nitrogens with two attached hydrogens (primary N) is 1. The monoisotopic (exact) mass is 197 g/mol. The fraction of sp³-hybridized carbons (Fsp3) is 1.00. The van der Waals surface area contributed by atoms with E-state index in [1.54, 1.807) is 0 Å². The molecule has 1 aliphatic carbocycles. The second kappa shape index (κ2) is 4.19. The molecule has 1 saturated carbocycles. The highest BCUT2D eigenvalue weighted by Crippen LogP contribution is 2.38. The van der Waals surface area contributed by atoms with E-state index in [1.807, 2.05) is 0 Å². The van der Waals surface area contributed by atoms with Gasteiger partial charge in [0.2, 0.25) is 0 Å². The molecule has 3 unspecified atom stereocenters. The zero-order valence-electron chi connectivity index (χ0n) is 9.30. The van der Waals surface area contributed by atoms with Crippen LogP contribution in [0.25, 0.3) is 0 Å². The molecule has 0 radical (unpaired) electrons. The van der Waals surface area contributed by atoms with Gasteiger partial charge in [0, 0.05) is 18.1 Å². The summed E-state index contributed by atoms with van der Waals surface area (Å²) in [5.74, 6) is 1.44. The van der Waals surface area contributed by atoms with Crippen LogP contribution in [0, 0.1) is 11.8 Å². The van der Waals surface area contributed by atoms with Crippen molar-refractivity contribution in [1.29, 1.82) is 0 Å². The maximum absolute atomic E-state index is 6.54. The van der Waals surface area contributed by atoms with Crippen molar-refractivity contribution in [1.82, 2.24) is 0 Å². The van der Waals surface area contributed by atoms with Gasteiger partial charge in [0.05, 0.1) is 6.61 Å². The molecular formula is C12H23NO. The molecule has 0 spiro atoms. The molecule has 1 heterocycles. The van der Waals surface area contributed by atoms with Crippen LogP contribution >= 0.6 is 0 Å². The van der Waals surface area contributed by atoms with Gasteiger partial charge in [0.15, 0.2) is 0 Å². The third-order valence-corrected chi connectivity index (χ3v) is 4.04. The Morgan fingerprint density at radius 1 is 1.29 bits per heavy atom. The van der Waals surface area contributed by atoms with Gasteiger partial charge < -0.3 is 10.5 Å². The summed E-state index contributed by atoms with van der Waals surface area (Å²) in [6.45, 7) is 4.19. The van der Waals surface area contributed by atoms with Gasteiger partial charge in [0.25, 0.3) is 0 Å². The normalized spacial score (nSPS) is 45.0. The van der Waals surface area contributed by atoms with Gasteiger partial charge in [-0.1, -0.05) is 19.8 Å². The van der Waals surface area contributed by atoms with Crippen LogP contribution in [0.1, 0.15) is 45.4 Å². The molecule has 14 heavy (non-hydrogen) atoms. The first kappa shape index (κ1) is 10.4. The standard InChI is InChI=1S/C12H23NO/c1-10-4-2-6-12(13,8-10)11-5-3-7-14-9-11/h10-11H,2-9,13H2,1H3. The Hall–Kier alpha value is -0.0800. The topological polar surface area (TPSA) is 35.2 Å². The minimum Gasteiger partial charge on any atom is -0.381 e. The smallest absolute Gasteiger partial charge is 0.0511 e. The quantitative estimate of drug-likeness (QED) is 0.700. The third kappa shape index (κ3) is 2.12. The Bertz CT molecular complexity index is 189. The molecule has 0 aromatic heterocycles. The Labute approximate surface area is 87.2 Å². The molecule has 0 amide bonds. The summed E-state index contributed by atoms with van der Waals surface area (Å²) in [6, 6.07) is 0. The summed E-state index contributed by atoms with van der Waals surface area (Å²) in [5.41, 5.74) is 6.64. The van der Waals surface area contributed by atoms with Crippen LogP contribution in [0.4, 0.5) is 0 Å². The molecule has 1 aliphatic heterocycles. The van der Waals surface area contributed by atoms with Crippen molar-refractivity contribution in [3.05, 3.63) is 0 Å². The highest BCUT2D eigenvalue weighted by atomic mass is 16.5. The number of hydrogen-bond donors (Lipinski definition) is 1. The summed E-state index contributed by atoms with van der Waals surface area (Å²) < 4.78 is 5.56. The lowest BCUT2D eigenvalue weighted by atomic mass is 9.68. The Balaban J connectivity index is 1.98. The highest BCUT2D eigenvalue weighted by molar-refractivity contribution is 4.95. The zero-order valence-corrected chi connectivity index (χ0v) is 9.30. The largest absolute Gasteiger partial charge is 0.381 e. The minimum atomic E-state index is 0.0953. The van der Waals surface area contributed by atoms with Gasteiger partial charge in [0.1, 0.15) is 0 Å². The van der Waals surface area contributed by atoms with Gasteiger partial charge in [-0.05, 0) is 31.6 Å². The molecule has 0 bridgehead atoms. The van der Waals surface area contributed by atoms with Crippen LogP contribution in [0.5, 0.6) is 0 Å². The van der Waals surface area contributed by atoms with Crippen LogP contribution in [0.2, 0.25) is 0 Å². The van der Waals surface area contributed by atoms with E-state index in [9.17, 15) is 0 Å². The number of ether oxygens (including phenoxy) is 1. The summed E-state index contributed by atoms with van der Waals surface area (Å²) in [7, 11) is 0. The van der Waals surface area contributed by atoms with Crippen LogP contribution < -0.4 is 5.73 Å². The van der Waals surface area contributed by atoms with Gasteiger partial charge in [-0.15, -0.1) is 0 Å². The van der Waals surface area contributed by atoms with Gasteiger partial charge in [-0.2, -0.15) is 0 Å². The van der Waals surface area contributed by atoms with Crippen LogP contribution in [0.3, 0.4) is 0 Å². The Morgan fingerprint density at radius 3 is 2.79 bits per heavy atom. The first-order chi connectivity index (χ1) is 6.71. The highest BCUT2D eigenvalue weighted by Gasteiger charge is 2.38. The molecule has 2 N–H and O–H groups in total. The summed E-state index contributed by atoms with van der Waals surface area (Å²) in [6.07, 6.45) is 7.59. The number of rotatable bonds is 1. The average molecular weight is 197 g/mol. The minimum absolute atomic E-state index is 0.0953. The van der Waals surface area contributed by atoms with Crippen molar-refractivity contribution < 1.29 is 4.74 Å². The molecule has 0 aromatic rings. The first-order valence-electron chi connectivity index (χ1n) is 6.07. The molecule has 2 nitrogen and oxygen atoms in total. The zero-order chi connectivity index (χ0) is 10.0. The SMILES string of the molecule is CC1CCCC(N)(C2CCCOC2)C1. The third-order valence-electron chi connectivity index (χ3n) is 4.04. The van der Waals surface area contributed by atoms with Crippen molar-refractivity contribution in [3.8, 4) is 0 Å². The van der Waals surface area contributed by atoms with E-state index in [1.165, 1.54) is 38.5 Å². The van der Waals surface area contributed by atoms with Crippen LogP contribution in [0.15, 0.2) is 0 Å². The van der Waals surface area contributed by atoms with E-state index in [2.05, 4.69) is 6.92 Å². The summed E-state index contributed by atoms with van der Waals surface area (Å²) >= 11 is 0. The van der Waals surface area contributed by atoms with Crippen molar-refractivity contribution in [2.75, 3.05) is 13.2 Å². The molecule has 82 valence electrons. The van der Waals surface area contributed by atoms with E-state index >= 15 is 0 Å². The van der Waals surface area contributed by atoms with Gasteiger partial charge in [-0.25, -0.2) is 0 Å². The molecule has 3 atom stereocenters. The predicted octanol–water partition coefficient (Wildman–Crippen LogP) is 2.32. The van der Waals surface area contributed by atoms with Crippen molar-refractivity contribution >= 4 is 0 Å². The lowest BCUT2D eigenvalue weighted by Crippen LogP contribution is -2.52.